The zero-order valence-corrected chi connectivity index (χ0v) is 10.7. The first-order valence-corrected chi connectivity index (χ1v) is 5.87. The van der Waals surface area contributed by atoms with Crippen molar-refractivity contribution in [1.82, 2.24) is 10.1 Å². The summed E-state index contributed by atoms with van der Waals surface area (Å²) in [5.74, 6) is 0.670. The van der Waals surface area contributed by atoms with Crippen LogP contribution in [0.3, 0.4) is 0 Å². The Labute approximate surface area is 106 Å². The average Bonchev–Trinajstić information content (AvgIpc) is 2.76. The Morgan fingerprint density at radius 1 is 1.47 bits per heavy atom. The maximum Gasteiger partial charge on any atom is 0.264 e. The average molecular weight is 301 g/mol. The van der Waals surface area contributed by atoms with Crippen LogP contribution in [0.2, 0.25) is 0 Å². The Morgan fingerprint density at radius 3 is 2.94 bits per heavy atom. The Balaban J connectivity index is 2.02. The minimum Gasteiger partial charge on any atom is -0.481 e. The Hall–Kier alpha value is -1.43. The summed E-state index contributed by atoms with van der Waals surface area (Å²) in [5.41, 5.74) is 0. The molecule has 2 aromatic rings. The zero-order chi connectivity index (χ0) is 12.3. The summed E-state index contributed by atoms with van der Waals surface area (Å²) in [6, 6.07) is 4.57. The number of halogens is 2. The molecule has 90 valence electrons. The van der Waals surface area contributed by atoms with Crippen molar-refractivity contribution < 1.29 is 13.7 Å². The minimum atomic E-state index is -0.436. The summed E-state index contributed by atoms with van der Waals surface area (Å²) < 4.78 is 24.2. The van der Waals surface area contributed by atoms with Crippen LogP contribution in [0, 0.1) is 5.82 Å². The van der Waals surface area contributed by atoms with Crippen molar-refractivity contribution in [2.75, 3.05) is 0 Å². The lowest BCUT2D eigenvalue weighted by Crippen LogP contribution is -1.98. The van der Waals surface area contributed by atoms with Crippen LogP contribution in [0.5, 0.6) is 5.75 Å². The molecule has 0 atom stereocenters. The minimum absolute atomic E-state index is 0.0611. The molecule has 0 fully saturated rings. The van der Waals surface area contributed by atoms with Crippen molar-refractivity contribution in [2.24, 2.45) is 0 Å². The second kappa shape index (κ2) is 5.27. The molecule has 0 unspecified atom stereocenters. The van der Waals surface area contributed by atoms with E-state index >= 15 is 0 Å². The molecule has 1 aromatic carbocycles. The summed E-state index contributed by atoms with van der Waals surface area (Å²) >= 11 is 3.17. The second-order valence-electron chi connectivity index (χ2n) is 3.32. The molecule has 2 rings (SSSR count). The van der Waals surface area contributed by atoms with E-state index in [0.717, 1.165) is 0 Å². The molecule has 0 amide bonds. The largest absolute Gasteiger partial charge is 0.481 e. The lowest BCUT2D eigenvalue weighted by Gasteiger charge is -2.04. The summed E-state index contributed by atoms with van der Waals surface area (Å²) in [7, 11) is 0. The van der Waals surface area contributed by atoms with Gasteiger partial charge in [0.25, 0.3) is 5.89 Å². The topological polar surface area (TPSA) is 48.2 Å². The van der Waals surface area contributed by atoms with Crippen LogP contribution in [0.4, 0.5) is 4.39 Å². The number of hydrogen-bond donors (Lipinski definition) is 0. The molecule has 0 bridgehead atoms. The number of benzene rings is 1. The molecule has 0 radical (unpaired) electrons. The van der Waals surface area contributed by atoms with Crippen molar-refractivity contribution in [3.05, 3.63) is 40.2 Å². The molecule has 0 spiro atoms. The van der Waals surface area contributed by atoms with Crippen molar-refractivity contribution in [3.63, 3.8) is 0 Å². The van der Waals surface area contributed by atoms with E-state index in [1.165, 1.54) is 12.1 Å². The van der Waals surface area contributed by atoms with E-state index in [-0.39, 0.29) is 12.4 Å². The number of hydrogen-bond acceptors (Lipinski definition) is 4. The fourth-order valence-electron chi connectivity index (χ4n) is 1.22. The van der Waals surface area contributed by atoms with E-state index in [1.807, 2.05) is 6.92 Å². The third kappa shape index (κ3) is 3.03. The molecule has 6 heteroatoms. The predicted molar refractivity (Wildman–Crippen MR) is 62.1 cm³/mol. The number of aryl methyl sites for hydroxylation is 1. The van der Waals surface area contributed by atoms with Gasteiger partial charge in [-0.3, -0.25) is 0 Å². The van der Waals surface area contributed by atoms with E-state index in [0.29, 0.717) is 22.6 Å². The van der Waals surface area contributed by atoms with Gasteiger partial charge < -0.3 is 9.26 Å². The number of nitrogens with zero attached hydrogens (tertiary/aromatic N) is 2. The van der Waals surface area contributed by atoms with Gasteiger partial charge in [0.1, 0.15) is 0 Å². The van der Waals surface area contributed by atoms with Crippen molar-refractivity contribution >= 4 is 15.9 Å². The Kier molecular flexibility index (Phi) is 3.73. The van der Waals surface area contributed by atoms with Gasteiger partial charge in [0, 0.05) is 10.9 Å². The van der Waals surface area contributed by atoms with E-state index in [9.17, 15) is 4.39 Å². The molecule has 1 aromatic heterocycles. The number of ether oxygens (including phenoxy) is 1. The summed E-state index contributed by atoms with van der Waals surface area (Å²) in [4.78, 5) is 4.06. The van der Waals surface area contributed by atoms with E-state index in [1.54, 1.807) is 6.07 Å². The molecule has 0 aliphatic rings. The third-order valence-corrected chi connectivity index (χ3v) is 2.56. The maximum absolute atomic E-state index is 13.4. The van der Waals surface area contributed by atoms with Gasteiger partial charge in [-0.2, -0.15) is 4.98 Å². The smallest absolute Gasteiger partial charge is 0.264 e. The fourth-order valence-corrected chi connectivity index (χ4v) is 1.56. The van der Waals surface area contributed by atoms with Crippen LogP contribution in [0.15, 0.2) is 27.2 Å². The van der Waals surface area contributed by atoms with Crippen LogP contribution in [-0.4, -0.2) is 10.1 Å². The lowest BCUT2D eigenvalue weighted by atomic mass is 10.3. The van der Waals surface area contributed by atoms with Gasteiger partial charge in [-0.15, -0.1) is 0 Å². The predicted octanol–water partition coefficient (Wildman–Crippen LogP) is 3.11. The molecule has 0 saturated carbocycles. The van der Waals surface area contributed by atoms with E-state index < -0.39 is 5.82 Å². The highest BCUT2D eigenvalue weighted by Gasteiger charge is 2.08. The van der Waals surface area contributed by atoms with Gasteiger partial charge in [0.15, 0.2) is 24.0 Å². The molecule has 0 saturated heterocycles. The zero-order valence-electron chi connectivity index (χ0n) is 9.11. The first-order valence-electron chi connectivity index (χ1n) is 5.08. The summed E-state index contributed by atoms with van der Waals surface area (Å²) in [5, 5.41) is 3.72. The van der Waals surface area contributed by atoms with Gasteiger partial charge in [0.2, 0.25) is 0 Å². The van der Waals surface area contributed by atoms with E-state index in [2.05, 4.69) is 26.1 Å². The highest BCUT2D eigenvalue weighted by molar-refractivity contribution is 9.10. The highest BCUT2D eigenvalue weighted by Crippen LogP contribution is 2.22. The molecule has 17 heavy (non-hydrogen) atoms. The van der Waals surface area contributed by atoms with Crippen LogP contribution < -0.4 is 4.74 Å². The quantitative estimate of drug-likeness (QED) is 0.870. The van der Waals surface area contributed by atoms with Crippen molar-refractivity contribution in [3.8, 4) is 5.75 Å². The van der Waals surface area contributed by atoms with Gasteiger partial charge in [-0.1, -0.05) is 28.0 Å². The summed E-state index contributed by atoms with van der Waals surface area (Å²) in [6.07, 6.45) is 0.691. The van der Waals surface area contributed by atoms with E-state index in [4.69, 9.17) is 9.26 Å². The van der Waals surface area contributed by atoms with Gasteiger partial charge in [0.05, 0.1) is 0 Å². The Bertz CT molecular complexity index is 516. The third-order valence-electron chi connectivity index (χ3n) is 2.07. The summed E-state index contributed by atoms with van der Waals surface area (Å²) in [6.45, 7) is 1.98. The van der Waals surface area contributed by atoms with Crippen LogP contribution >= 0.6 is 15.9 Å². The Morgan fingerprint density at radius 2 is 2.29 bits per heavy atom. The lowest BCUT2D eigenvalue weighted by molar-refractivity contribution is 0.234. The standard InChI is InChI=1S/C11H10BrFN2O2/c1-2-10-14-11(17-15-10)6-16-9-4-3-7(12)5-8(9)13/h3-5H,2,6H2,1H3. The molecule has 4 nitrogen and oxygen atoms in total. The maximum atomic E-state index is 13.4. The highest BCUT2D eigenvalue weighted by atomic mass is 79.9. The molecule has 0 N–H and O–H groups in total. The molecular formula is C11H10BrFN2O2. The molecular weight excluding hydrogens is 291 g/mol. The normalized spacial score (nSPS) is 10.5. The van der Waals surface area contributed by atoms with Gasteiger partial charge in [-0.05, 0) is 18.2 Å². The van der Waals surface area contributed by atoms with Crippen molar-refractivity contribution in [1.29, 1.82) is 0 Å². The van der Waals surface area contributed by atoms with Crippen molar-refractivity contribution in [2.45, 2.75) is 20.0 Å². The van der Waals surface area contributed by atoms with Gasteiger partial charge in [-0.25, -0.2) is 4.39 Å². The SMILES string of the molecule is CCc1noc(COc2ccc(Br)cc2F)n1. The molecule has 0 aliphatic carbocycles. The molecule has 1 heterocycles. The molecule has 0 aliphatic heterocycles. The fraction of sp³-hybridized carbons (Fsp3) is 0.273. The number of rotatable bonds is 4. The first kappa shape index (κ1) is 12.0. The van der Waals surface area contributed by atoms with Gasteiger partial charge >= 0.3 is 0 Å². The first-order chi connectivity index (χ1) is 8.19. The monoisotopic (exact) mass is 300 g/mol. The van der Waals surface area contributed by atoms with Crippen LogP contribution in [-0.2, 0) is 13.0 Å². The van der Waals surface area contributed by atoms with Crippen LogP contribution in [0.25, 0.3) is 0 Å². The number of aromatic nitrogens is 2. The van der Waals surface area contributed by atoms with Crippen LogP contribution in [0.1, 0.15) is 18.6 Å². The second-order valence-corrected chi connectivity index (χ2v) is 4.24.